The molecule has 2 fully saturated rings. The molecule has 1 heterocycles. The number of hydrogen-bond acceptors (Lipinski definition) is 2. The highest BCUT2D eigenvalue weighted by Crippen LogP contribution is 2.42. The van der Waals surface area contributed by atoms with Crippen molar-refractivity contribution in [3.63, 3.8) is 0 Å². The molecule has 0 aromatic heterocycles. The van der Waals surface area contributed by atoms with Crippen LogP contribution in [0.5, 0.6) is 0 Å². The maximum atomic E-state index is 6.55. The van der Waals surface area contributed by atoms with E-state index in [9.17, 15) is 0 Å². The van der Waals surface area contributed by atoms with Crippen molar-refractivity contribution >= 4 is 15.9 Å². The first-order valence-corrected chi connectivity index (χ1v) is 8.38. The molecule has 2 unspecified atom stereocenters. The van der Waals surface area contributed by atoms with Gasteiger partial charge in [-0.15, -0.1) is 0 Å². The van der Waals surface area contributed by atoms with Crippen molar-refractivity contribution in [3.05, 3.63) is 0 Å². The second-order valence-electron chi connectivity index (χ2n) is 7.08. The van der Waals surface area contributed by atoms with Gasteiger partial charge in [-0.3, -0.25) is 0 Å². The summed E-state index contributed by atoms with van der Waals surface area (Å²) in [4.78, 5) is 0. The van der Waals surface area contributed by atoms with Crippen LogP contribution >= 0.6 is 15.9 Å². The molecule has 0 aromatic carbocycles. The van der Waals surface area contributed by atoms with E-state index in [1.807, 2.05) is 0 Å². The first-order chi connectivity index (χ1) is 8.45. The zero-order chi connectivity index (χ0) is 13.2. The summed E-state index contributed by atoms with van der Waals surface area (Å²) in [6.45, 7) is 8.81. The van der Waals surface area contributed by atoms with Gasteiger partial charge < -0.3 is 9.47 Å². The first-order valence-electron chi connectivity index (χ1n) is 7.26. The standard InChI is InChI=1S/C15H27BrO2/c1-12-8-13(10-14(2,3)9-12)18-15(11-16)4-6-17-7-5-15/h12-13H,4-11H2,1-3H3. The SMILES string of the molecule is CC1CC(OC2(CBr)CCOCC2)CC(C)(C)C1. The van der Waals surface area contributed by atoms with Crippen LogP contribution in [0.25, 0.3) is 0 Å². The van der Waals surface area contributed by atoms with Crippen molar-refractivity contribution in [1.82, 2.24) is 0 Å². The van der Waals surface area contributed by atoms with Crippen LogP contribution in [-0.2, 0) is 9.47 Å². The monoisotopic (exact) mass is 318 g/mol. The van der Waals surface area contributed by atoms with Gasteiger partial charge in [0.25, 0.3) is 0 Å². The Labute approximate surface area is 120 Å². The van der Waals surface area contributed by atoms with Crippen molar-refractivity contribution < 1.29 is 9.47 Å². The van der Waals surface area contributed by atoms with Gasteiger partial charge in [-0.2, -0.15) is 0 Å². The van der Waals surface area contributed by atoms with Crippen molar-refractivity contribution in [3.8, 4) is 0 Å². The second kappa shape index (κ2) is 5.80. The Balaban J connectivity index is 1.98. The smallest absolute Gasteiger partial charge is 0.0826 e. The van der Waals surface area contributed by atoms with Crippen LogP contribution in [0.1, 0.15) is 52.9 Å². The lowest BCUT2D eigenvalue weighted by Crippen LogP contribution is -2.46. The summed E-state index contributed by atoms with van der Waals surface area (Å²) in [6.07, 6.45) is 6.25. The number of alkyl halides is 1. The second-order valence-corrected chi connectivity index (χ2v) is 7.64. The molecule has 3 heteroatoms. The number of ether oxygens (including phenoxy) is 2. The lowest BCUT2D eigenvalue weighted by Gasteiger charge is -2.44. The largest absolute Gasteiger partial charge is 0.381 e. The summed E-state index contributed by atoms with van der Waals surface area (Å²) in [5, 5.41) is 0.939. The lowest BCUT2D eigenvalue weighted by atomic mass is 9.71. The lowest BCUT2D eigenvalue weighted by molar-refractivity contribution is -0.151. The van der Waals surface area contributed by atoms with E-state index >= 15 is 0 Å². The molecule has 1 aliphatic carbocycles. The highest BCUT2D eigenvalue weighted by atomic mass is 79.9. The third-order valence-electron chi connectivity index (χ3n) is 4.41. The van der Waals surface area contributed by atoms with Gasteiger partial charge in [0.2, 0.25) is 0 Å². The van der Waals surface area contributed by atoms with Crippen LogP contribution in [0.15, 0.2) is 0 Å². The maximum Gasteiger partial charge on any atom is 0.0826 e. The Morgan fingerprint density at radius 3 is 2.44 bits per heavy atom. The average molecular weight is 319 g/mol. The zero-order valence-electron chi connectivity index (χ0n) is 12.0. The molecule has 1 saturated carbocycles. The Hall–Kier alpha value is 0.400. The van der Waals surface area contributed by atoms with Gasteiger partial charge in [-0.1, -0.05) is 36.7 Å². The van der Waals surface area contributed by atoms with Crippen molar-refractivity contribution in [2.75, 3.05) is 18.5 Å². The normalized spacial score (nSPS) is 35.3. The van der Waals surface area contributed by atoms with E-state index in [2.05, 4.69) is 36.7 Å². The molecule has 0 amide bonds. The number of hydrogen-bond donors (Lipinski definition) is 0. The van der Waals surface area contributed by atoms with E-state index in [4.69, 9.17) is 9.47 Å². The maximum absolute atomic E-state index is 6.55. The van der Waals surface area contributed by atoms with Gasteiger partial charge in [-0.25, -0.2) is 0 Å². The quantitative estimate of drug-likeness (QED) is 0.727. The fraction of sp³-hybridized carbons (Fsp3) is 1.00. The van der Waals surface area contributed by atoms with E-state index in [1.165, 1.54) is 19.3 Å². The third kappa shape index (κ3) is 3.71. The summed E-state index contributed by atoms with van der Waals surface area (Å²) in [6, 6.07) is 0. The minimum Gasteiger partial charge on any atom is -0.381 e. The number of rotatable bonds is 3. The predicted octanol–water partition coefficient (Wildman–Crippen LogP) is 4.16. The van der Waals surface area contributed by atoms with Crippen LogP contribution in [0.3, 0.4) is 0 Å². The molecule has 2 rings (SSSR count). The van der Waals surface area contributed by atoms with Crippen LogP contribution in [0.2, 0.25) is 0 Å². The summed E-state index contributed by atoms with van der Waals surface area (Å²) < 4.78 is 12.0. The molecule has 2 nitrogen and oxygen atoms in total. The Morgan fingerprint density at radius 2 is 1.89 bits per heavy atom. The molecule has 0 N–H and O–H groups in total. The molecule has 0 spiro atoms. The summed E-state index contributed by atoms with van der Waals surface area (Å²) in [5.74, 6) is 0.783. The molecular formula is C15H27BrO2. The molecule has 1 saturated heterocycles. The van der Waals surface area contributed by atoms with E-state index in [0.717, 1.165) is 37.3 Å². The molecule has 0 aromatic rings. The van der Waals surface area contributed by atoms with Crippen LogP contribution in [0, 0.1) is 11.3 Å². The fourth-order valence-corrected chi connectivity index (χ4v) is 4.42. The Morgan fingerprint density at radius 1 is 1.22 bits per heavy atom. The molecule has 0 bridgehead atoms. The van der Waals surface area contributed by atoms with Gasteiger partial charge in [0, 0.05) is 31.4 Å². The minimum absolute atomic E-state index is 0.0239. The Bertz CT molecular complexity index is 272. The van der Waals surface area contributed by atoms with E-state index < -0.39 is 0 Å². The average Bonchev–Trinajstić information content (AvgIpc) is 2.27. The van der Waals surface area contributed by atoms with E-state index in [1.54, 1.807) is 0 Å². The minimum atomic E-state index is 0.0239. The summed E-state index contributed by atoms with van der Waals surface area (Å²) in [7, 11) is 0. The molecule has 0 radical (unpaired) electrons. The van der Waals surface area contributed by atoms with Gasteiger partial charge in [-0.05, 0) is 30.6 Å². The molecule has 1 aliphatic heterocycles. The van der Waals surface area contributed by atoms with Crippen LogP contribution < -0.4 is 0 Å². The third-order valence-corrected chi connectivity index (χ3v) is 5.43. The van der Waals surface area contributed by atoms with Crippen LogP contribution in [-0.4, -0.2) is 30.2 Å². The van der Waals surface area contributed by atoms with Crippen molar-refractivity contribution in [1.29, 1.82) is 0 Å². The first kappa shape index (κ1) is 14.8. The van der Waals surface area contributed by atoms with E-state index in [-0.39, 0.29) is 5.60 Å². The van der Waals surface area contributed by atoms with E-state index in [0.29, 0.717) is 11.5 Å². The molecule has 2 atom stereocenters. The molecule has 18 heavy (non-hydrogen) atoms. The summed E-state index contributed by atoms with van der Waals surface area (Å²) in [5.41, 5.74) is 0.455. The highest BCUT2D eigenvalue weighted by Gasteiger charge is 2.39. The Kier molecular flexibility index (Phi) is 4.77. The highest BCUT2D eigenvalue weighted by molar-refractivity contribution is 9.09. The number of halogens is 1. The van der Waals surface area contributed by atoms with Gasteiger partial charge >= 0.3 is 0 Å². The molecular weight excluding hydrogens is 292 g/mol. The van der Waals surface area contributed by atoms with Crippen molar-refractivity contribution in [2.45, 2.75) is 64.6 Å². The molecule has 2 aliphatic rings. The summed E-state index contributed by atoms with van der Waals surface area (Å²) >= 11 is 3.66. The van der Waals surface area contributed by atoms with Gasteiger partial charge in [0.1, 0.15) is 0 Å². The van der Waals surface area contributed by atoms with Gasteiger partial charge in [0.15, 0.2) is 0 Å². The van der Waals surface area contributed by atoms with Gasteiger partial charge in [0.05, 0.1) is 11.7 Å². The predicted molar refractivity (Wildman–Crippen MR) is 78.2 cm³/mol. The van der Waals surface area contributed by atoms with Crippen LogP contribution in [0.4, 0.5) is 0 Å². The molecule has 106 valence electrons. The topological polar surface area (TPSA) is 18.5 Å². The van der Waals surface area contributed by atoms with Crippen molar-refractivity contribution in [2.24, 2.45) is 11.3 Å². The zero-order valence-corrected chi connectivity index (χ0v) is 13.6. The fourth-order valence-electron chi connectivity index (χ4n) is 3.73.